The number of hydrogen-bond acceptors (Lipinski definition) is 4. The van der Waals surface area contributed by atoms with Gasteiger partial charge in [-0.05, 0) is 37.1 Å². The van der Waals surface area contributed by atoms with Crippen LogP contribution in [0.5, 0.6) is 0 Å². The molecule has 6 nitrogen and oxygen atoms in total. The van der Waals surface area contributed by atoms with E-state index in [0.29, 0.717) is 25.5 Å². The summed E-state index contributed by atoms with van der Waals surface area (Å²) in [7, 11) is 0. The summed E-state index contributed by atoms with van der Waals surface area (Å²) in [6, 6.07) is 6.62. The molecular weight excluding hydrogens is 309 g/mol. The summed E-state index contributed by atoms with van der Waals surface area (Å²) in [5, 5.41) is 2.82. The minimum absolute atomic E-state index is 0.153. The standard InChI is InChI=1S/C17H20FN5O/c1-13-3-5-15(19-11-13)21-17(24)23-8-2-7-22(9-10-23)16-6-4-14(18)12-20-16/h3-6,11-12H,2,7-10H2,1H3,(H,19,21,24). The molecular formula is C17H20FN5O. The average molecular weight is 329 g/mol. The lowest BCUT2D eigenvalue weighted by atomic mass is 10.3. The van der Waals surface area contributed by atoms with Crippen LogP contribution in [-0.2, 0) is 0 Å². The fourth-order valence-corrected chi connectivity index (χ4v) is 2.64. The topological polar surface area (TPSA) is 61.4 Å². The van der Waals surface area contributed by atoms with Gasteiger partial charge in [0.1, 0.15) is 17.5 Å². The summed E-state index contributed by atoms with van der Waals surface area (Å²) in [5.41, 5.74) is 1.05. The van der Waals surface area contributed by atoms with E-state index in [2.05, 4.69) is 20.2 Å². The van der Waals surface area contributed by atoms with E-state index in [1.807, 2.05) is 13.0 Å². The maximum absolute atomic E-state index is 13.0. The van der Waals surface area contributed by atoms with Gasteiger partial charge in [0.15, 0.2) is 0 Å². The first-order valence-corrected chi connectivity index (χ1v) is 7.97. The number of amides is 2. The van der Waals surface area contributed by atoms with Gasteiger partial charge >= 0.3 is 6.03 Å². The highest BCUT2D eigenvalue weighted by Crippen LogP contribution is 2.14. The smallest absolute Gasteiger partial charge is 0.323 e. The van der Waals surface area contributed by atoms with Gasteiger partial charge in [0, 0.05) is 32.4 Å². The van der Waals surface area contributed by atoms with Crippen molar-refractivity contribution in [3.05, 3.63) is 48.0 Å². The van der Waals surface area contributed by atoms with Crippen LogP contribution in [0, 0.1) is 12.7 Å². The molecule has 0 bridgehead atoms. The second-order valence-electron chi connectivity index (χ2n) is 5.81. The molecule has 1 N–H and O–H groups in total. The number of rotatable bonds is 2. The van der Waals surface area contributed by atoms with E-state index in [1.165, 1.54) is 12.3 Å². The Kier molecular flexibility index (Phi) is 4.88. The van der Waals surface area contributed by atoms with Gasteiger partial charge in [0.05, 0.1) is 6.20 Å². The number of halogens is 1. The average Bonchev–Trinajstić information content (AvgIpc) is 2.84. The lowest BCUT2D eigenvalue weighted by molar-refractivity contribution is 0.215. The maximum Gasteiger partial charge on any atom is 0.323 e. The van der Waals surface area contributed by atoms with Crippen molar-refractivity contribution < 1.29 is 9.18 Å². The van der Waals surface area contributed by atoms with Gasteiger partial charge in [0.25, 0.3) is 0 Å². The van der Waals surface area contributed by atoms with Gasteiger partial charge in [-0.3, -0.25) is 5.32 Å². The Labute approximate surface area is 140 Å². The van der Waals surface area contributed by atoms with Gasteiger partial charge < -0.3 is 9.80 Å². The van der Waals surface area contributed by atoms with E-state index in [4.69, 9.17) is 0 Å². The predicted octanol–water partition coefficient (Wildman–Crippen LogP) is 2.67. The molecule has 1 aliphatic heterocycles. The quantitative estimate of drug-likeness (QED) is 0.920. The lowest BCUT2D eigenvalue weighted by Crippen LogP contribution is -2.38. The molecule has 1 saturated heterocycles. The molecule has 0 aliphatic carbocycles. The van der Waals surface area contributed by atoms with Crippen molar-refractivity contribution in [2.24, 2.45) is 0 Å². The number of pyridine rings is 2. The molecule has 0 atom stereocenters. The zero-order chi connectivity index (χ0) is 16.9. The van der Waals surface area contributed by atoms with Crippen molar-refractivity contribution in [3.63, 3.8) is 0 Å². The summed E-state index contributed by atoms with van der Waals surface area (Å²) in [6.07, 6.45) is 3.77. The van der Waals surface area contributed by atoms with Crippen molar-refractivity contribution in [1.82, 2.24) is 14.9 Å². The van der Waals surface area contributed by atoms with Crippen LogP contribution in [0.15, 0.2) is 36.7 Å². The monoisotopic (exact) mass is 329 g/mol. The molecule has 2 aromatic heterocycles. The summed E-state index contributed by atoms with van der Waals surface area (Å²) in [5.74, 6) is 0.936. The molecule has 0 spiro atoms. The molecule has 2 aromatic rings. The van der Waals surface area contributed by atoms with Crippen molar-refractivity contribution in [2.45, 2.75) is 13.3 Å². The van der Waals surface area contributed by atoms with Gasteiger partial charge in [-0.25, -0.2) is 19.2 Å². The molecule has 3 rings (SSSR count). The molecule has 0 unspecified atom stereocenters. The second-order valence-corrected chi connectivity index (χ2v) is 5.81. The fraction of sp³-hybridized carbons (Fsp3) is 0.353. The third-order valence-electron chi connectivity index (χ3n) is 3.97. The van der Waals surface area contributed by atoms with E-state index in [-0.39, 0.29) is 11.8 Å². The first-order chi connectivity index (χ1) is 11.6. The second kappa shape index (κ2) is 7.25. The van der Waals surface area contributed by atoms with Gasteiger partial charge in [0.2, 0.25) is 0 Å². The minimum atomic E-state index is -0.347. The Morgan fingerprint density at radius 2 is 1.96 bits per heavy atom. The fourth-order valence-electron chi connectivity index (χ4n) is 2.64. The summed E-state index contributed by atoms with van der Waals surface area (Å²) < 4.78 is 13.0. The Balaban J connectivity index is 1.59. The van der Waals surface area contributed by atoms with Gasteiger partial charge in [-0.15, -0.1) is 0 Å². The third kappa shape index (κ3) is 3.98. The molecule has 2 amide bonds. The molecule has 7 heteroatoms. The van der Waals surface area contributed by atoms with Crippen LogP contribution < -0.4 is 10.2 Å². The molecule has 126 valence electrons. The van der Waals surface area contributed by atoms with E-state index in [0.717, 1.165) is 24.3 Å². The molecule has 0 aromatic carbocycles. The zero-order valence-electron chi connectivity index (χ0n) is 13.6. The molecule has 0 radical (unpaired) electrons. The van der Waals surface area contributed by atoms with Gasteiger partial charge in [-0.2, -0.15) is 0 Å². The van der Waals surface area contributed by atoms with Crippen molar-refractivity contribution >= 4 is 17.7 Å². The number of nitrogens with zero attached hydrogens (tertiary/aromatic N) is 4. The third-order valence-corrected chi connectivity index (χ3v) is 3.97. The van der Waals surface area contributed by atoms with E-state index >= 15 is 0 Å². The van der Waals surface area contributed by atoms with E-state index < -0.39 is 0 Å². The number of aromatic nitrogens is 2. The number of carbonyl (C=O) groups is 1. The molecule has 1 aliphatic rings. The number of hydrogen-bond donors (Lipinski definition) is 1. The number of urea groups is 1. The molecule has 1 fully saturated rings. The maximum atomic E-state index is 13.0. The largest absolute Gasteiger partial charge is 0.355 e. The number of aryl methyl sites for hydroxylation is 1. The minimum Gasteiger partial charge on any atom is -0.355 e. The highest BCUT2D eigenvalue weighted by Gasteiger charge is 2.20. The van der Waals surface area contributed by atoms with Crippen LogP contribution in [0.25, 0.3) is 0 Å². The molecule has 24 heavy (non-hydrogen) atoms. The van der Waals surface area contributed by atoms with E-state index in [1.54, 1.807) is 23.2 Å². The van der Waals surface area contributed by atoms with Crippen LogP contribution in [0.4, 0.5) is 20.8 Å². The zero-order valence-corrected chi connectivity index (χ0v) is 13.6. The van der Waals surface area contributed by atoms with E-state index in [9.17, 15) is 9.18 Å². The van der Waals surface area contributed by atoms with Crippen LogP contribution in [0.1, 0.15) is 12.0 Å². The van der Waals surface area contributed by atoms with Crippen molar-refractivity contribution in [1.29, 1.82) is 0 Å². The summed E-state index contributed by atoms with van der Waals surface area (Å²) >= 11 is 0. The van der Waals surface area contributed by atoms with Crippen molar-refractivity contribution in [2.75, 3.05) is 36.4 Å². The lowest BCUT2D eigenvalue weighted by Gasteiger charge is -2.23. The Bertz CT molecular complexity index is 689. The van der Waals surface area contributed by atoms with Crippen molar-refractivity contribution in [3.8, 4) is 0 Å². The molecule has 0 saturated carbocycles. The Morgan fingerprint density at radius 3 is 2.67 bits per heavy atom. The first kappa shape index (κ1) is 16.2. The molecule has 3 heterocycles. The summed E-state index contributed by atoms with van der Waals surface area (Å²) in [4.78, 5) is 24.5. The predicted molar refractivity (Wildman–Crippen MR) is 90.6 cm³/mol. The van der Waals surface area contributed by atoms with Crippen LogP contribution in [0.2, 0.25) is 0 Å². The highest BCUT2D eigenvalue weighted by molar-refractivity contribution is 5.88. The number of nitrogens with one attached hydrogen (secondary N) is 1. The SMILES string of the molecule is Cc1ccc(NC(=O)N2CCCN(c3ccc(F)cn3)CC2)nc1. The summed E-state index contributed by atoms with van der Waals surface area (Å²) in [6.45, 7) is 4.64. The van der Waals surface area contributed by atoms with Crippen LogP contribution in [0.3, 0.4) is 0 Å². The van der Waals surface area contributed by atoms with Crippen LogP contribution in [-0.4, -0.2) is 47.1 Å². The van der Waals surface area contributed by atoms with Crippen LogP contribution >= 0.6 is 0 Å². The highest BCUT2D eigenvalue weighted by atomic mass is 19.1. The number of anilines is 2. The number of carbonyl (C=O) groups excluding carboxylic acids is 1. The first-order valence-electron chi connectivity index (χ1n) is 7.97. The van der Waals surface area contributed by atoms with Gasteiger partial charge in [-0.1, -0.05) is 6.07 Å². The Morgan fingerprint density at radius 1 is 1.08 bits per heavy atom. The Hall–Kier alpha value is -2.70. The normalized spacial score (nSPS) is 15.1.